The zero-order valence-electron chi connectivity index (χ0n) is 14.0. The normalized spacial score (nSPS) is 10.6. The molecule has 0 aliphatic heterocycles. The van der Waals surface area contributed by atoms with Crippen LogP contribution < -0.4 is 5.32 Å². The van der Waals surface area contributed by atoms with Crippen molar-refractivity contribution in [1.29, 1.82) is 0 Å². The van der Waals surface area contributed by atoms with Crippen LogP contribution in [0, 0.1) is 13.8 Å². The Labute approximate surface area is 142 Å². The maximum absolute atomic E-state index is 12.4. The number of rotatable bonds is 5. The van der Waals surface area contributed by atoms with Gasteiger partial charge in [0.25, 0.3) is 5.91 Å². The molecule has 2 aromatic carbocycles. The minimum Gasteiger partial charge on any atom is -0.348 e. The molecule has 24 heavy (non-hydrogen) atoms. The van der Waals surface area contributed by atoms with Crippen molar-refractivity contribution in [2.24, 2.45) is 0 Å². The van der Waals surface area contributed by atoms with Gasteiger partial charge in [-0.1, -0.05) is 42.0 Å². The molecule has 0 unspecified atom stereocenters. The smallest absolute Gasteiger partial charge is 0.251 e. The molecule has 0 aliphatic carbocycles. The Morgan fingerprint density at radius 1 is 1.12 bits per heavy atom. The van der Waals surface area contributed by atoms with E-state index in [4.69, 9.17) is 0 Å². The lowest BCUT2D eigenvalue weighted by molar-refractivity contribution is 0.0950. The SMILES string of the molecule is Cc1ccc(C)c(C(=O)NCc2cccc(Cn3ccnc3)c2)c1. The van der Waals surface area contributed by atoms with Crippen LogP contribution in [0.2, 0.25) is 0 Å². The summed E-state index contributed by atoms with van der Waals surface area (Å²) in [5.41, 5.74) is 5.10. The van der Waals surface area contributed by atoms with Crippen LogP contribution in [-0.2, 0) is 13.1 Å². The molecule has 1 aromatic heterocycles. The molecule has 122 valence electrons. The predicted molar refractivity (Wildman–Crippen MR) is 94.9 cm³/mol. The fourth-order valence-electron chi connectivity index (χ4n) is 2.69. The van der Waals surface area contributed by atoms with Gasteiger partial charge in [0.15, 0.2) is 0 Å². The number of imidazole rings is 1. The Balaban J connectivity index is 1.66. The highest BCUT2D eigenvalue weighted by Crippen LogP contribution is 2.12. The fraction of sp³-hybridized carbons (Fsp3) is 0.200. The zero-order chi connectivity index (χ0) is 16.9. The van der Waals surface area contributed by atoms with Crippen molar-refractivity contribution in [2.45, 2.75) is 26.9 Å². The van der Waals surface area contributed by atoms with E-state index in [1.807, 2.05) is 54.9 Å². The number of hydrogen-bond donors (Lipinski definition) is 1. The number of carbonyl (C=O) groups is 1. The first-order chi connectivity index (χ1) is 11.6. The van der Waals surface area contributed by atoms with E-state index in [1.165, 1.54) is 5.56 Å². The summed E-state index contributed by atoms with van der Waals surface area (Å²) in [6.07, 6.45) is 5.51. The first-order valence-corrected chi connectivity index (χ1v) is 8.01. The average Bonchev–Trinajstić information content (AvgIpc) is 3.08. The van der Waals surface area contributed by atoms with Gasteiger partial charge < -0.3 is 9.88 Å². The molecule has 0 saturated heterocycles. The van der Waals surface area contributed by atoms with Crippen LogP contribution >= 0.6 is 0 Å². The molecule has 1 heterocycles. The second-order valence-corrected chi connectivity index (χ2v) is 6.06. The van der Waals surface area contributed by atoms with Crippen LogP contribution in [-0.4, -0.2) is 15.5 Å². The van der Waals surface area contributed by atoms with E-state index in [0.29, 0.717) is 6.54 Å². The molecular weight excluding hydrogens is 298 g/mol. The van der Waals surface area contributed by atoms with Crippen molar-refractivity contribution in [2.75, 3.05) is 0 Å². The Morgan fingerprint density at radius 3 is 2.75 bits per heavy atom. The molecule has 4 heteroatoms. The molecule has 0 atom stereocenters. The largest absolute Gasteiger partial charge is 0.348 e. The molecule has 0 saturated carbocycles. The van der Waals surface area contributed by atoms with Gasteiger partial charge in [-0.2, -0.15) is 0 Å². The maximum atomic E-state index is 12.4. The van der Waals surface area contributed by atoms with Gasteiger partial charge in [0.05, 0.1) is 6.33 Å². The van der Waals surface area contributed by atoms with Crippen LogP contribution in [0.5, 0.6) is 0 Å². The highest BCUT2D eigenvalue weighted by molar-refractivity contribution is 5.95. The standard InChI is InChI=1S/C20H21N3O/c1-15-6-7-16(2)19(10-15)20(24)22-12-17-4-3-5-18(11-17)13-23-9-8-21-14-23/h3-11,14H,12-13H2,1-2H3,(H,22,24). The summed E-state index contributed by atoms with van der Waals surface area (Å²) in [4.78, 5) is 16.5. The van der Waals surface area contributed by atoms with Crippen molar-refractivity contribution in [3.05, 3.63) is 89.0 Å². The van der Waals surface area contributed by atoms with E-state index in [1.54, 1.807) is 12.5 Å². The minimum atomic E-state index is -0.0313. The van der Waals surface area contributed by atoms with E-state index in [9.17, 15) is 4.79 Å². The molecule has 3 aromatic rings. The van der Waals surface area contributed by atoms with Gasteiger partial charge in [-0.05, 0) is 36.6 Å². The number of hydrogen-bond acceptors (Lipinski definition) is 2. The topological polar surface area (TPSA) is 46.9 Å². The lowest BCUT2D eigenvalue weighted by atomic mass is 10.0. The summed E-state index contributed by atoms with van der Waals surface area (Å²) >= 11 is 0. The lowest BCUT2D eigenvalue weighted by Crippen LogP contribution is -2.23. The molecule has 1 N–H and O–H groups in total. The Hall–Kier alpha value is -2.88. The summed E-state index contributed by atoms with van der Waals surface area (Å²) in [6.45, 7) is 5.25. The van der Waals surface area contributed by atoms with Crippen molar-refractivity contribution in [3.63, 3.8) is 0 Å². The summed E-state index contributed by atoms with van der Waals surface area (Å²) in [7, 11) is 0. The molecular formula is C20H21N3O. The molecule has 0 fully saturated rings. The first kappa shape index (κ1) is 16.0. The molecule has 4 nitrogen and oxygen atoms in total. The number of nitrogens with zero attached hydrogens (tertiary/aromatic N) is 2. The van der Waals surface area contributed by atoms with Crippen molar-refractivity contribution in [3.8, 4) is 0 Å². The third-order valence-electron chi connectivity index (χ3n) is 4.01. The predicted octanol–water partition coefficient (Wildman–Crippen LogP) is 3.48. The number of amides is 1. The Kier molecular flexibility index (Phi) is 4.75. The van der Waals surface area contributed by atoms with E-state index in [-0.39, 0.29) is 5.91 Å². The van der Waals surface area contributed by atoms with Crippen LogP contribution in [0.3, 0.4) is 0 Å². The number of aryl methyl sites for hydroxylation is 2. The molecule has 3 rings (SSSR count). The van der Waals surface area contributed by atoms with Gasteiger partial charge >= 0.3 is 0 Å². The van der Waals surface area contributed by atoms with Gasteiger partial charge in [0, 0.05) is 31.0 Å². The van der Waals surface area contributed by atoms with E-state index in [2.05, 4.69) is 22.4 Å². The monoisotopic (exact) mass is 319 g/mol. The van der Waals surface area contributed by atoms with Gasteiger partial charge in [0.2, 0.25) is 0 Å². The van der Waals surface area contributed by atoms with E-state index >= 15 is 0 Å². The maximum Gasteiger partial charge on any atom is 0.251 e. The fourth-order valence-corrected chi connectivity index (χ4v) is 2.69. The van der Waals surface area contributed by atoms with Crippen LogP contribution in [0.25, 0.3) is 0 Å². The van der Waals surface area contributed by atoms with Crippen molar-refractivity contribution < 1.29 is 4.79 Å². The molecule has 0 bridgehead atoms. The van der Waals surface area contributed by atoms with Crippen molar-refractivity contribution >= 4 is 5.91 Å². The molecule has 1 amide bonds. The van der Waals surface area contributed by atoms with Crippen LogP contribution in [0.1, 0.15) is 32.6 Å². The summed E-state index contributed by atoms with van der Waals surface area (Å²) < 4.78 is 2.02. The molecule has 0 radical (unpaired) electrons. The first-order valence-electron chi connectivity index (χ1n) is 8.01. The van der Waals surface area contributed by atoms with Gasteiger partial charge in [-0.25, -0.2) is 4.98 Å². The van der Waals surface area contributed by atoms with E-state index in [0.717, 1.165) is 28.8 Å². The number of benzene rings is 2. The van der Waals surface area contributed by atoms with Crippen molar-refractivity contribution in [1.82, 2.24) is 14.9 Å². The number of nitrogens with one attached hydrogen (secondary N) is 1. The zero-order valence-corrected chi connectivity index (χ0v) is 14.0. The third kappa shape index (κ3) is 3.90. The summed E-state index contributed by atoms with van der Waals surface area (Å²) in [5, 5.41) is 3.01. The highest BCUT2D eigenvalue weighted by atomic mass is 16.1. The summed E-state index contributed by atoms with van der Waals surface area (Å²) in [5.74, 6) is -0.0313. The lowest BCUT2D eigenvalue weighted by Gasteiger charge is -2.10. The van der Waals surface area contributed by atoms with Crippen LogP contribution in [0.15, 0.2) is 61.2 Å². The third-order valence-corrected chi connectivity index (χ3v) is 4.01. The summed E-state index contributed by atoms with van der Waals surface area (Å²) in [6, 6.07) is 14.2. The quantitative estimate of drug-likeness (QED) is 0.782. The van der Waals surface area contributed by atoms with E-state index < -0.39 is 0 Å². The van der Waals surface area contributed by atoms with Gasteiger partial charge in [-0.15, -0.1) is 0 Å². The second kappa shape index (κ2) is 7.13. The van der Waals surface area contributed by atoms with Gasteiger partial charge in [-0.3, -0.25) is 4.79 Å². The minimum absolute atomic E-state index is 0.0313. The van der Waals surface area contributed by atoms with Gasteiger partial charge in [0.1, 0.15) is 0 Å². The molecule has 0 aliphatic rings. The second-order valence-electron chi connectivity index (χ2n) is 6.06. The van der Waals surface area contributed by atoms with Crippen LogP contribution in [0.4, 0.5) is 0 Å². The number of carbonyl (C=O) groups excluding carboxylic acids is 1. The Morgan fingerprint density at radius 2 is 1.96 bits per heavy atom. The average molecular weight is 319 g/mol. The number of aromatic nitrogens is 2. The molecule has 0 spiro atoms. The Bertz CT molecular complexity index is 838. The highest BCUT2D eigenvalue weighted by Gasteiger charge is 2.09.